The lowest BCUT2D eigenvalue weighted by atomic mass is 9.95. The van der Waals surface area contributed by atoms with Gasteiger partial charge in [-0.25, -0.2) is 14.4 Å². The van der Waals surface area contributed by atoms with Crippen molar-refractivity contribution in [1.29, 1.82) is 0 Å². The first kappa shape index (κ1) is 25.2. The van der Waals surface area contributed by atoms with Crippen molar-refractivity contribution in [2.45, 2.75) is 45.6 Å². The predicted molar refractivity (Wildman–Crippen MR) is 127 cm³/mol. The maximum Gasteiger partial charge on any atom is 0.341 e. The lowest BCUT2D eigenvalue weighted by Crippen LogP contribution is -2.37. The highest BCUT2D eigenvalue weighted by molar-refractivity contribution is 7.17. The van der Waals surface area contributed by atoms with Gasteiger partial charge >= 0.3 is 17.6 Å². The first-order chi connectivity index (χ1) is 16.1. The van der Waals surface area contributed by atoms with E-state index in [1.54, 1.807) is 13.8 Å². The average molecular weight is 490 g/mol. The molecule has 10 nitrogen and oxygen atoms in total. The Kier molecular flexibility index (Phi) is 7.87. The van der Waals surface area contributed by atoms with Crippen LogP contribution in [0, 0.1) is 0 Å². The van der Waals surface area contributed by atoms with Crippen molar-refractivity contribution in [2.75, 3.05) is 11.9 Å². The number of carbonyl (C=O) groups excluding carboxylic acids is 3. The molecule has 1 aliphatic carbocycles. The number of carbonyl (C=O) groups is 3. The molecule has 182 valence electrons. The fraction of sp³-hybridized carbons (Fsp3) is 0.435. The van der Waals surface area contributed by atoms with Crippen molar-refractivity contribution >= 4 is 40.3 Å². The Bertz CT molecular complexity index is 1270. The standard InChI is InChI=1S/C23H27N3O7S/c1-13(2)33-22(30)19-15-7-5-6-8-16(15)34-20(19)24-17(27)12-32-18(28)10-9-14-11-25(3)23(31)26(4)21(14)29/h9-11,13H,5-8,12H2,1-4H3,(H,24,27)/b10-9+. The van der Waals surface area contributed by atoms with Gasteiger partial charge in [0.25, 0.3) is 11.5 Å². The van der Waals surface area contributed by atoms with Gasteiger partial charge in [-0.3, -0.25) is 14.2 Å². The quantitative estimate of drug-likeness (QED) is 0.464. The minimum absolute atomic E-state index is 0.114. The zero-order valence-corrected chi connectivity index (χ0v) is 20.3. The summed E-state index contributed by atoms with van der Waals surface area (Å²) in [6.07, 6.45) is 6.78. The molecule has 1 amide bonds. The molecular formula is C23H27N3O7S. The van der Waals surface area contributed by atoms with E-state index in [-0.39, 0.29) is 11.7 Å². The van der Waals surface area contributed by atoms with E-state index in [2.05, 4.69) is 5.32 Å². The molecule has 1 N–H and O–H groups in total. The molecule has 1 aliphatic rings. The number of fused-ring (bicyclic) bond motifs is 1. The van der Waals surface area contributed by atoms with E-state index in [9.17, 15) is 24.0 Å². The summed E-state index contributed by atoms with van der Waals surface area (Å²) in [4.78, 5) is 62.0. The summed E-state index contributed by atoms with van der Waals surface area (Å²) in [6.45, 7) is 2.94. The van der Waals surface area contributed by atoms with Crippen molar-refractivity contribution in [3.05, 3.63) is 54.7 Å². The molecule has 2 heterocycles. The number of thiophene rings is 1. The van der Waals surface area contributed by atoms with Crippen LogP contribution in [0.1, 0.15) is 53.1 Å². The zero-order valence-electron chi connectivity index (χ0n) is 19.5. The Morgan fingerprint density at radius 1 is 1.18 bits per heavy atom. The monoisotopic (exact) mass is 489 g/mol. The van der Waals surface area contributed by atoms with E-state index in [4.69, 9.17) is 9.47 Å². The van der Waals surface area contributed by atoms with Gasteiger partial charge in [0.05, 0.1) is 17.2 Å². The highest BCUT2D eigenvalue weighted by Crippen LogP contribution is 2.38. The van der Waals surface area contributed by atoms with Gasteiger partial charge in [0.2, 0.25) is 0 Å². The van der Waals surface area contributed by atoms with Gasteiger partial charge in [-0.2, -0.15) is 0 Å². The van der Waals surface area contributed by atoms with Crippen molar-refractivity contribution in [3.63, 3.8) is 0 Å². The van der Waals surface area contributed by atoms with Crippen molar-refractivity contribution in [1.82, 2.24) is 9.13 Å². The Morgan fingerprint density at radius 3 is 2.59 bits per heavy atom. The van der Waals surface area contributed by atoms with E-state index in [0.29, 0.717) is 10.6 Å². The molecule has 2 aromatic heterocycles. The zero-order chi connectivity index (χ0) is 25.0. The fourth-order valence-corrected chi connectivity index (χ4v) is 4.89. The summed E-state index contributed by atoms with van der Waals surface area (Å²) in [7, 11) is 2.81. The van der Waals surface area contributed by atoms with Crippen LogP contribution in [0.4, 0.5) is 5.00 Å². The molecule has 0 spiro atoms. The third-order valence-corrected chi connectivity index (χ3v) is 6.40. The predicted octanol–water partition coefficient (Wildman–Crippen LogP) is 1.78. The molecule has 0 bridgehead atoms. The van der Waals surface area contributed by atoms with Crippen LogP contribution in [0.2, 0.25) is 0 Å². The molecule has 0 aliphatic heterocycles. The van der Waals surface area contributed by atoms with Crippen LogP contribution in [0.5, 0.6) is 0 Å². The number of amides is 1. The maximum atomic E-state index is 12.7. The minimum Gasteiger partial charge on any atom is -0.459 e. The fourth-order valence-electron chi connectivity index (χ4n) is 3.60. The number of nitrogens with zero attached hydrogens (tertiary/aromatic N) is 2. The van der Waals surface area contributed by atoms with Crippen LogP contribution in [0.25, 0.3) is 6.08 Å². The van der Waals surface area contributed by atoms with Crippen LogP contribution in [-0.2, 0) is 46.0 Å². The van der Waals surface area contributed by atoms with E-state index >= 15 is 0 Å². The topological polar surface area (TPSA) is 126 Å². The Hall–Kier alpha value is -3.47. The van der Waals surface area contributed by atoms with Crippen molar-refractivity contribution in [3.8, 4) is 0 Å². The number of anilines is 1. The second kappa shape index (κ2) is 10.6. The summed E-state index contributed by atoms with van der Waals surface area (Å²) in [6, 6.07) is 0. The largest absolute Gasteiger partial charge is 0.459 e. The number of rotatable bonds is 7. The lowest BCUT2D eigenvalue weighted by molar-refractivity contribution is -0.142. The number of aromatic nitrogens is 2. The minimum atomic E-state index is -0.837. The number of esters is 2. The van der Waals surface area contributed by atoms with Crippen LogP contribution < -0.4 is 16.6 Å². The Balaban J connectivity index is 1.66. The number of aryl methyl sites for hydroxylation is 2. The van der Waals surface area contributed by atoms with Gasteiger partial charge < -0.3 is 19.4 Å². The summed E-state index contributed by atoms with van der Waals surface area (Å²) in [5.74, 6) is -1.92. The SMILES string of the molecule is CC(C)OC(=O)c1c(NC(=O)COC(=O)/C=C/c2cn(C)c(=O)n(C)c2=O)sc2c1CCCC2. The molecule has 0 saturated carbocycles. The van der Waals surface area contributed by atoms with Gasteiger partial charge in [-0.05, 0) is 51.2 Å². The second-order valence-electron chi connectivity index (χ2n) is 8.20. The molecule has 11 heteroatoms. The molecule has 0 radical (unpaired) electrons. The maximum absolute atomic E-state index is 12.7. The molecule has 0 fully saturated rings. The number of hydrogen-bond acceptors (Lipinski definition) is 8. The Morgan fingerprint density at radius 2 is 1.88 bits per heavy atom. The summed E-state index contributed by atoms with van der Waals surface area (Å²) in [5.41, 5.74) is 0.346. The van der Waals surface area contributed by atoms with E-state index in [1.165, 1.54) is 42.3 Å². The van der Waals surface area contributed by atoms with Crippen LogP contribution in [-0.4, -0.2) is 39.7 Å². The Labute approximate surface area is 199 Å². The number of nitrogens with one attached hydrogen (secondary N) is 1. The van der Waals surface area contributed by atoms with E-state index < -0.39 is 35.7 Å². The number of ether oxygens (including phenoxy) is 2. The smallest absolute Gasteiger partial charge is 0.341 e. The highest BCUT2D eigenvalue weighted by atomic mass is 32.1. The van der Waals surface area contributed by atoms with Crippen LogP contribution in [0.3, 0.4) is 0 Å². The van der Waals surface area contributed by atoms with Crippen molar-refractivity contribution < 1.29 is 23.9 Å². The molecule has 2 aromatic rings. The van der Waals surface area contributed by atoms with Gasteiger partial charge in [0.15, 0.2) is 6.61 Å². The summed E-state index contributed by atoms with van der Waals surface area (Å²) < 4.78 is 12.5. The molecule has 34 heavy (non-hydrogen) atoms. The van der Waals surface area contributed by atoms with Crippen molar-refractivity contribution in [2.24, 2.45) is 14.1 Å². The van der Waals surface area contributed by atoms with E-state index in [1.807, 2.05) is 0 Å². The summed E-state index contributed by atoms with van der Waals surface area (Å²) in [5, 5.41) is 3.06. The molecule has 0 aromatic carbocycles. The first-order valence-electron chi connectivity index (χ1n) is 10.8. The molecule has 0 saturated heterocycles. The number of hydrogen-bond donors (Lipinski definition) is 1. The average Bonchev–Trinajstić information content (AvgIpc) is 3.15. The first-order valence-corrected chi connectivity index (χ1v) is 11.7. The molecule has 3 rings (SSSR count). The second-order valence-corrected chi connectivity index (χ2v) is 9.31. The molecule has 0 atom stereocenters. The summed E-state index contributed by atoms with van der Waals surface area (Å²) >= 11 is 1.34. The van der Waals surface area contributed by atoms with Gasteiger partial charge in [0, 0.05) is 31.2 Å². The van der Waals surface area contributed by atoms with E-state index in [0.717, 1.165) is 46.8 Å². The molecule has 0 unspecified atom stereocenters. The third-order valence-electron chi connectivity index (χ3n) is 5.19. The van der Waals surface area contributed by atoms with Gasteiger partial charge in [-0.15, -0.1) is 11.3 Å². The normalized spacial score (nSPS) is 13.1. The third kappa shape index (κ3) is 5.71. The molecular weight excluding hydrogens is 462 g/mol. The van der Waals surface area contributed by atoms with Crippen LogP contribution >= 0.6 is 11.3 Å². The van der Waals surface area contributed by atoms with Crippen LogP contribution in [0.15, 0.2) is 21.9 Å². The lowest BCUT2D eigenvalue weighted by Gasteiger charge is -2.14. The van der Waals surface area contributed by atoms with Gasteiger partial charge in [-0.1, -0.05) is 0 Å². The van der Waals surface area contributed by atoms with Gasteiger partial charge in [0.1, 0.15) is 5.00 Å². The highest BCUT2D eigenvalue weighted by Gasteiger charge is 2.28.